The third-order valence-corrected chi connectivity index (χ3v) is 3.23. The van der Waals surface area contributed by atoms with Gasteiger partial charge >= 0.3 is 0 Å². The first-order valence-corrected chi connectivity index (χ1v) is 5.65. The zero-order valence-corrected chi connectivity index (χ0v) is 9.68. The summed E-state index contributed by atoms with van der Waals surface area (Å²) >= 11 is 0. The molecule has 2 rings (SSSR count). The second-order valence-corrected chi connectivity index (χ2v) is 4.49. The summed E-state index contributed by atoms with van der Waals surface area (Å²) in [6, 6.07) is 7.09. The summed E-state index contributed by atoms with van der Waals surface area (Å²) in [4.78, 5) is 13.7. The lowest BCUT2D eigenvalue weighted by molar-refractivity contribution is -0.133. The number of hydrogen-bond acceptors (Lipinski definition) is 2. The summed E-state index contributed by atoms with van der Waals surface area (Å²) < 4.78 is 0. The van der Waals surface area contributed by atoms with E-state index in [4.69, 9.17) is 0 Å². The van der Waals surface area contributed by atoms with E-state index < -0.39 is 0 Å². The van der Waals surface area contributed by atoms with Gasteiger partial charge in [-0.05, 0) is 37.5 Å². The molecule has 0 heterocycles. The molecule has 3 heteroatoms. The van der Waals surface area contributed by atoms with Crippen molar-refractivity contribution in [1.82, 2.24) is 4.90 Å². The van der Waals surface area contributed by atoms with E-state index in [9.17, 15) is 9.90 Å². The fourth-order valence-corrected chi connectivity index (χ4v) is 1.79. The van der Waals surface area contributed by atoms with E-state index in [2.05, 4.69) is 0 Å². The zero-order valence-electron chi connectivity index (χ0n) is 9.68. The Hall–Kier alpha value is -1.51. The van der Waals surface area contributed by atoms with Gasteiger partial charge in [0.1, 0.15) is 5.75 Å². The molecule has 0 aliphatic heterocycles. The van der Waals surface area contributed by atoms with E-state index in [1.807, 2.05) is 26.1 Å². The molecular weight excluding hydrogens is 202 g/mol. The Kier molecular flexibility index (Phi) is 2.86. The van der Waals surface area contributed by atoms with Crippen molar-refractivity contribution in [1.29, 1.82) is 0 Å². The van der Waals surface area contributed by atoms with Gasteiger partial charge in [-0.25, -0.2) is 0 Å². The third-order valence-electron chi connectivity index (χ3n) is 3.23. The monoisotopic (exact) mass is 219 g/mol. The highest BCUT2D eigenvalue weighted by Gasteiger charge is 2.33. The lowest BCUT2D eigenvalue weighted by atomic mass is 10.1. The number of aromatic hydroxyl groups is 1. The van der Waals surface area contributed by atoms with Crippen LogP contribution in [0.3, 0.4) is 0 Å². The predicted octanol–water partition coefficient (Wildman–Crippen LogP) is 2.32. The van der Waals surface area contributed by atoms with E-state index in [1.165, 1.54) is 0 Å². The number of carbonyl (C=O) groups is 1. The van der Waals surface area contributed by atoms with Gasteiger partial charge in [0.15, 0.2) is 0 Å². The van der Waals surface area contributed by atoms with Crippen molar-refractivity contribution in [3.05, 3.63) is 29.8 Å². The van der Waals surface area contributed by atoms with Crippen LogP contribution in [0.5, 0.6) is 5.75 Å². The smallest absolute Gasteiger partial charge is 0.225 e. The molecule has 1 atom stereocenters. The number of carbonyl (C=O) groups excluding carboxylic acids is 1. The largest absolute Gasteiger partial charge is 0.508 e. The van der Waals surface area contributed by atoms with Crippen LogP contribution in [0.25, 0.3) is 0 Å². The van der Waals surface area contributed by atoms with Crippen LogP contribution in [-0.4, -0.2) is 23.0 Å². The fourth-order valence-electron chi connectivity index (χ4n) is 1.79. The average molecular weight is 219 g/mol. The van der Waals surface area contributed by atoms with Crippen molar-refractivity contribution in [3.8, 4) is 5.75 Å². The van der Waals surface area contributed by atoms with Crippen LogP contribution in [0.4, 0.5) is 0 Å². The van der Waals surface area contributed by atoms with Crippen molar-refractivity contribution in [2.45, 2.75) is 25.8 Å². The van der Waals surface area contributed by atoms with Crippen molar-refractivity contribution in [3.63, 3.8) is 0 Å². The Bertz CT molecular complexity index is 381. The van der Waals surface area contributed by atoms with Gasteiger partial charge in [0, 0.05) is 13.0 Å². The minimum Gasteiger partial charge on any atom is -0.508 e. The molecule has 1 aromatic carbocycles. The van der Waals surface area contributed by atoms with Crippen molar-refractivity contribution >= 4 is 5.91 Å². The van der Waals surface area contributed by atoms with Gasteiger partial charge in [-0.3, -0.25) is 4.79 Å². The van der Waals surface area contributed by atoms with Gasteiger partial charge in [0.2, 0.25) is 5.91 Å². The highest BCUT2D eigenvalue weighted by atomic mass is 16.3. The van der Waals surface area contributed by atoms with E-state index in [0.29, 0.717) is 0 Å². The van der Waals surface area contributed by atoms with Crippen LogP contribution in [0.15, 0.2) is 24.3 Å². The molecule has 0 saturated heterocycles. The maximum atomic E-state index is 11.9. The summed E-state index contributed by atoms with van der Waals surface area (Å²) in [5.41, 5.74) is 1.05. The quantitative estimate of drug-likeness (QED) is 0.847. The maximum Gasteiger partial charge on any atom is 0.225 e. The minimum absolute atomic E-state index is 0.0636. The van der Waals surface area contributed by atoms with Crippen LogP contribution in [-0.2, 0) is 4.79 Å². The third kappa shape index (κ3) is 2.18. The Labute approximate surface area is 95.7 Å². The first-order valence-electron chi connectivity index (χ1n) is 5.65. The number of phenolic OH excluding ortho intramolecular Hbond substituents is 1. The molecule has 0 spiro atoms. The summed E-state index contributed by atoms with van der Waals surface area (Å²) in [6.45, 7) is 2.01. The topological polar surface area (TPSA) is 40.5 Å². The Morgan fingerprint density at radius 1 is 1.38 bits per heavy atom. The lowest BCUT2D eigenvalue weighted by Crippen LogP contribution is -2.30. The molecule has 0 aromatic heterocycles. The van der Waals surface area contributed by atoms with Crippen molar-refractivity contribution in [2.75, 3.05) is 7.05 Å². The van der Waals surface area contributed by atoms with E-state index >= 15 is 0 Å². The number of benzene rings is 1. The van der Waals surface area contributed by atoms with Crippen LogP contribution < -0.4 is 0 Å². The summed E-state index contributed by atoms with van der Waals surface area (Å²) in [6.07, 6.45) is 2.07. The number of nitrogens with zero attached hydrogens (tertiary/aromatic N) is 1. The minimum atomic E-state index is 0.0636. The zero-order chi connectivity index (χ0) is 11.7. The maximum absolute atomic E-state index is 11.9. The summed E-state index contributed by atoms with van der Waals surface area (Å²) in [5, 5.41) is 9.20. The molecule has 1 unspecified atom stereocenters. The Morgan fingerprint density at radius 2 is 1.94 bits per heavy atom. The average Bonchev–Trinajstić information content (AvgIpc) is 3.11. The van der Waals surface area contributed by atoms with Gasteiger partial charge < -0.3 is 10.0 Å². The normalized spacial score (nSPS) is 16.9. The molecular formula is C13H17NO2. The second kappa shape index (κ2) is 4.16. The van der Waals surface area contributed by atoms with Gasteiger partial charge in [0.25, 0.3) is 0 Å². The Balaban J connectivity index is 2.08. The standard InChI is InChI=1S/C13H17NO2/c1-9(10-5-7-12(15)8-6-10)14(2)13(16)11-3-4-11/h5-9,11,15H,3-4H2,1-2H3. The van der Waals surface area contributed by atoms with E-state index in [1.54, 1.807) is 17.0 Å². The molecule has 1 aromatic rings. The van der Waals surface area contributed by atoms with Gasteiger partial charge in [-0.2, -0.15) is 0 Å². The molecule has 1 N–H and O–H groups in total. The fraction of sp³-hybridized carbons (Fsp3) is 0.462. The van der Waals surface area contributed by atoms with E-state index in [-0.39, 0.29) is 23.6 Å². The number of amides is 1. The predicted molar refractivity (Wildman–Crippen MR) is 62.0 cm³/mol. The van der Waals surface area contributed by atoms with Gasteiger partial charge in [-0.15, -0.1) is 0 Å². The van der Waals surface area contributed by atoms with Crippen LogP contribution >= 0.6 is 0 Å². The highest BCUT2D eigenvalue weighted by molar-refractivity contribution is 5.81. The molecule has 3 nitrogen and oxygen atoms in total. The van der Waals surface area contributed by atoms with Crippen molar-refractivity contribution in [2.24, 2.45) is 5.92 Å². The number of hydrogen-bond donors (Lipinski definition) is 1. The molecule has 0 radical (unpaired) electrons. The summed E-state index contributed by atoms with van der Waals surface area (Å²) in [5.74, 6) is 0.747. The molecule has 1 fully saturated rings. The molecule has 16 heavy (non-hydrogen) atoms. The number of phenols is 1. The Morgan fingerprint density at radius 3 is 2.44 bits per heavy atom. The summed E-state index contributed by atoms with van der Waals surface area (Å²) in [7, 11) is 1.85. The van der Waals surface area contributed by atoms with Gasteiger partial charge in [-0.1, -0.05) is 12.1 Å². The SMILES string of the molecule is CC(c1ccc(O)cc1)N(C)C(=O)C1CC1. The molecule has 1 aliphatic rings. The highest BCUT2D eigenvalue weighted by Crippen LogP contribution is 2.33. The molecule has 0 bridgehead atoms. The molecule has 1 saturated carbocycles. The molecule has 1 aliphatic carbocycles. The number of rotatable bonds is 3. The second-order valence-electron chi connectivity index (χ2n) is 4.49. The first-order chi connectivity index (χ1) is 7.59. The van der Waals surface area contributed by atoms with Gasteiger partial charge in [0.05, 0.1) is 6.04 Å². The van der Waals surface area contributed by atoms with Crippen molar-refractivity contribution < 1.29 is 9.90 Å². The van der Waals surface area contributed by atoms with E-state index in [0.717, 1.165) is 18.4 Å². The molecule has 86 valence electrons. The van der Waals surface area contributed by atoms with Crippen LogP contribution in [0.2, 0.25) is 0 Å². The first kappa shape index (κ1) is 11.0. The molecule has 1 amide bonds. The lowest BCUT2D eigenvalue weighted by Gasteiger charge is -2.25. The van der Waals surface area contributed by atoms with Crippen LogP contribution in [0, 0.1) is 5.92 Å². The van der Waals surface area contributed by atoms with Crippen LogP contribution in [0.1, 0.15) is 31.4 Å².